The number of anilines is 1. The van der Waals surface area contributed by atoms with Gasteiger partial charge in [0, 0.05) is 34.8 Å². The summed E-state index contributed by atoms with van der Waals surface area (Å²) in [5.74, 6) is -0.485. The zero-order valence-corrected chi connectivity index (χ0v) is 24.9. The molecule has 0 spiro atoms. The SMILES string of the molecule is CCNC(=O)[C@H](C)N(Cc1c(Cl)cccc1Cl)C(=O)CN(c1ccccc1)S(=O)(=O)c1ccc(OC)c(OC)c1. The molecule has 1 N–H and O–H groups in total. The highest BCUT2D eigenvalue weighted by molar-refractivity contribution is 7.92. The summed E-state index contributed by atoms with van der Waals surface area (Å²) >= 11 is 12.8. The van der Waals surface area contributed by atoms with Crippen molar-refractivity contribution in [2.24, 2.45) is 0 Å². The van der Waals surface area contributed by atoms with Gasteiger partial charge in [0.25, 0.3) is 10.0 Å². The van der Waals surface area contributed by atoms with Gasteiger partial charge in [-0.05, 0) is 50.2 Å². The van der Waals surface area contributed by atoms with Gasteiger partial charge in [0.05, 0.1) is 24.8 Å². The van der Waals surface area contributed by atoms with Crippen LogP contribution >= 0.6 is 23.2 Å². The van der Waals surface area contributed by atoms with Crippen molar-refractivity contribution in [1.29, 1.82) is 0 Å². The third-order valence-electron chi connectivity index (χ3n) is 6.17. The van der Waals surface area contributed by atoms with E-state index in [-0.39, 0.29) is 22.9 Å². The van der Waals surface area contributed by atoms with Crippen LogP contribution in [0.1, 0.15) is 19.4 Å². The molecule has 0 aromatic heterocycles. The molecule has 0 aliphatic heterocycles. The highest BCUT2D eigenvalue weighted by Crippen LogP contribution is 2.33. The first-order valence-electron chi connectivity index (χ1n) is 12.3. The molecule has 0 aliphatic rings. The van der Waals surface area contributed by atoms with E-state index in [1.165, 1.54) is 37.3 Å². The van der Waals surface area contributed by atoms with E-state index < -0.39 is 34.4 Å². The second-order valence-electron chi connectivity index (χ2n) is 8.66. The van der Waals surface area contributed by atoms with Gasteiger partial charge in [0.1, 0.15) is 12.6 Å². The largest absolute Gasteiger partial charge is 0.493 e. The van der Waals surface area contributed by atoms with Crippen LogP contribution in [0.15, 0.2) is 71.6 Å². The molecule has 2 amide bonds. The number of sulfonamides is 1. The van der Waals surface area contributed by atoms with E-state index in [9.17, 15) is 18.0 Å². The maximum atomic E-state index is 14.0. The molecule has 0 unspecified atom stereocenters. The van der Waals surface area contributed by atoms with E-state index >= 15 is 0 Å². The van der Waals surface area contributed by atoms with Gasteiger partial charge in [-0.1, -0.05) is 47.5 Å². The monoisotopic (exact) mass is 607 g/mol. The summed E-state index contributed by atoms with van der Waals surface area (Å²) in [5.41, 5.74) is 0.691. The van der Waals surface area contributed by atoms with Crippen molar-refractivity contribution in [3.05, 3.63) is 82.3 Å². The fourth-order valence-corrected chi connectivity index (χ4v) is 5.93. The zero-order chi connectivity index (χ0) is 29.4. The molecule has 0 radical (unpaired) electrons. The van der Waals surface area contributed by atoms with Crippen LogP contribution in [0.4, 0.5) is 5.69 Å². The lowest BCUT2D eigenvalue weighted by Gasteiger charge is -2.32. The lowest BCUT2D eigenvalue weighted by atomic mass is 10.1. The first-order valence-corrected chi connectivity index (χ1v) is 14.5. The fraction of sp³-hybridized carbons (Fsp3) is 0.286. The minimum absolute atomic E-state index is 0.112. The first-order chi connectivity index (χ1) is 19.0. The van der Waals surface area contributed by atoms with Gasteiger partial charge in [-0.3, -0.25) is 13.9 Å². The number of rotatable bonds is 12. The molecule has 0 aliphatic carbocycles. The van der Waals surface area contributed by atoms with Gasteiger partial charge in [-0.15, -0.1) is 0 Å². The van der Waals surface area contributed by atoms with Crippen molar-refractivity contribution in [3.8, 4) is 11.5 Å². The molecule has 0 heterocycles. The molecule has 3 rings (SSSR count). The number of halogens is 2. The molecular weight excluding hydrogens is 577 g/mol. The van der Waals surface area contributed by atoms with Crippen molar-refractivity contribution < 1.29 is 27.5 Å². The summed E-state index contributed by atoms with van der Waals surface area (Å²) in [5, 5.41) is 3.33. The van der Waals surface area contributed by atoms with Gasteiger partial charge in [-0.2, -0.15) is 0 Å². The number of carbonyl (C=O) groups is 2. The molecule has 1 atom stereocenters. The number of benzene rings is 3. The number of nitrogens with zero attached hydrogens (tertiary/aromatic N) is 2. The van der Waals surface area contributed by atoms with Crippen molar-refractivity contribution >= 4 is 50.7 Å². The number of carbonyl (C=O) groups excluding carboxylic acids is 2. The third kappa shape index (κ3) is 6.99. The van der Waals surface area contributed by atoms with E-state index in [4.69, 9.17) is 32.7 Å². The maximum Gasteiger partial charge on any atom is 0.264 e. The van der Waals surface area contributed by atoms with Crippen LogP contribution in [0.5, 0.6) is 11.5 Å². The van der Waals surface area contributed by atoms with E-state index in [1.807, 2.05) is 0 Å². The number of hydrogen-bond donors (Lipinski definition) is 1. The van der Waals surface area contributed by atoms with Crippen LogP contribution in [-0.2, 0) is 26.2 Å². The third-order valence-corrected chi connectivity index (χ3v) is 8.65. The van der Waals surface area contributed by atoms with Crippen LogP contribution in [0.3, 0.4) is 0 Å². The maximum absolute atomic E-state index is 14.0. The lowest BCUT2D eigenvalue weighted by molar-refractivity contribution is -0.139. The Bertz CT molecular complexity index is 1430. The molecule has 0 saturated carbocycles. The molecule has 0 fully saturated rings. The van der Waals surface area contributed by atoms with E-state index in [1.54, 1.807) is 62.4 Å². The summed E-state index contributed by atoms with van der Waals surface area (Å²) in [6, 6.07) is 16.3. The minimum Gasteiger partial charge on any atom is -0.493 e. The summed E-state index contributed by atoms with van der Waals surface area (Å²) in [7, 11) is -1.45. The van der Waals surface area contributed by atoms with Crippen LogP contribution in [0.25, 0.3) is 0 Å². The molecule has 3 aromatic carbocycles. The van der Waals surface area contributed by atoms with Crippen molar-refractivity contribution in [1.82, 2.24) is 10.2 Å². The second kappa shape index (κ2) is 13.7. The Kier molecular flexibility index (Phi) is 10.7. The molecule has 9 nitrogen and oxygen atoms in total. The van der Waals surface area contributed by atoms with Gasteiger partial charge < -0.3 is 19.7 Å². The molecule has 40 heavy (non-hydrogen) atoms. The average Bonchev–Trinajstić information content (AvgIpc) is 2.95. The Hall–Kier alpha value is -3.47. The van der Waals surface area contributed by atoms with Crippen molar-refractivity contribution in [3.63, 3.8) is 0 Å². The molecule has 0 bridgehead atoms. The van der Waals surface area contributed by atoms with E-state index in [2.05, 4.69) is 5.32 Å². The second-order valence-corrected chi connectivity index (χ2v) is 11.3. The van der Waals surface area contributed by atoms with E-state index in [0.29, 0.717) is 27.9 Å². The number of nitrogens with one attached hydrogen (secondary N) is 1. The van der Waals surface area contributed by atoms with Crippen molar-refractivity contribution in [2.45, 2.75) is 31.3 Å². The Morgan fingerprint density at radius 3 is 2.12 bits per heavy atom. The highest BCUT2D eigenvalue weighted by atomic mass is 35.5. The standard InChI is InChI=1S/C28H31Cl2N3O6S/c1-5-31-28(35)19(2)32(17-22-23(29)12-9-13-24(22)30)27(34)18-33(20-10-7-6-8-11-20)40(36,37)21-14-15-25(38-3)26(16-21)39-4/h6-16,19H,5,17-18H2,1-4H3,(H,31,35)/t19-/m0/s1. The van der Waals surface area contributed by atoms with Crippen LogP contribution < -0.4 is 19.1 Å². The first kappa shape index (κ1) is 31.1. The normalized spacial score (nSPS) is 11.8. The number of para-hydroxylation sites is 1. The van der Waals surface area contributed by atoms with E-state index in [0.717, 1.165) is 4.31 Å². The number of likely N-dealkylation sites (N-methyl/N-ethyl adjacent to an activating group) is 1. The number of ether oxygens (including phenoxy) is 2. The number of amides is 2. The summed E-state index contributed by atoms with van der Waals surface area (Å²) in [4.78, 5) is 27.9. The smallest absolute Gasteiger partial charge is 0.264 e. The van der Waals surface area contributed by atoms with Crippen molar-refractivity contribution in [2.75, 3.05) is 31.6 Å². The Labute approximate surface area is 244 Å². The van der Waals surface area contributed by atoms with Gasteiger partial charge in [-0.25, -0.2) is 8.42 Å². The molecule has 214 valence electrons. The average molecular weight is 609 g/mol. The summed E-state index contributed by atoms with van der Waals surface area (Å²) in [6.45, 7) is 2.95. The molecule has 0 saturated heterocycles. The molecular formula is C28H31Cl2N3O6S. The number of methoxy groups -OCH3 is 2. The van der Waals surface area contributed by atoms with Crippen LogP contribution in [0.2, 0.25) is 10.0 Å². The molecule has 12 heteroatoms. The number of hydrogen-bond acceptors (Lipinski definition) is 6. The Morgan fingerprint density at radius 1 is 0.925 bits per heavy atom. The minimum atomic E-state index is -4.29. The predicted molar refractivity (Wildman–Crippen MR) is 156 cm³/mol. The Morgan fingerprint density at radius 2 is 1.55 bits per heavy atom. The molecule has 3 aromatic rings. The predicted octanol–water partition coefficient (Wildman–Crippen LogP) is 4.76. The topological polar surface area (TPSA) is 105 Å². The summed E-state index contributed by atoms with van der Waals surface area (Å²) < 4.78 is 39.5. The Balaban J connectivity index is 2.08. The highest BCUT2D eigenvalue weighted by Gasteiger charge is 2.33. The lowest BCUT2D eigenvalue weighted by Crippen LogP contribution is -2.51. The quantitative estimate of drug-likeness (QED) is 0.318. The summed E-state index contributed by atoms with van der Waals surface area (Å²) in [6.07, 6.45) is 0. The van der Waals surface area contributed by atoms with Crippen LogP contribution in [-0.4, -0.2) is 58.5 Å². The van der Waals surface area contributed by atoms with Gasteiger partial charge in [0.2, 0.25) is 11.8 Å². The fourth-order valence-electron chi connectivity index (χ4n) is 3.99. The van der Waals surface area contributed by atoms with Gasteiger partial charge in [0.15, 0.2) is 11.5 Å². The van der Waals surface area contributed by atoms with Crippen LogP contribution in [0, 0.1) is 0 Å². The van der Waals surface area contributed by atoms with Gasteiger partial charge >= 0.3 is 0 Å². The zero-order valence-electron chi connectivity index (χ0n) is 22.6.